The number of benzene rings is 3. The lowest BCUT2D eigenvalue weighted by Crippen LogP contribution is -1.99. The van der Waals surface area contributed by atoms with E-state index in [1.807, 2.05) is 48.5 Å². The number of halogens is 1. The van der Waals surface area contributed by atoms with Crippen LogP contribution in [-0.2, 0) is 6.61 Å². The van der Waals surface area contributed by atoms with Crippen LogP contribution in [-0.4, -0.2) is 6.21 Å². The second kappa shape index (κ2) is 8.36. The summed E-state index contributed by atoms with van der Waals surface area (Å²) in [5, 5.41) is 4.97. The molecule has 0 bridgehead atoms. The fourth-order valence-corrected chi connectivity index (χ4v) is 2.39. The van der Waals surface area contributed by atoms with Gasteiger partial charge in [-0.3, -0.25) is 5.43 Å². The summed E-state index contributed by atoms with van der Waals surface area (Å²) in [4.78, 5) is 0. The fourth-order valence-electron chi connectivity index (χ4n) is 2.26. The van der Waals surface area contributed by atoms with Gasteiger partial charge < -0.3 is 4.74 Å². The molecule has 0 aliphatic rings. The molecule has 1 N–H and O–H groups in total. The fraction of sp³-hybridized carbons (Fsp3) is 0.0952. The van der Waals surface area contributed by atoms with Crippen molar-refractivity contribution in [2.45, 2.75) is 13.5 Å². The first-order valence-electron chi connectivity index (χ1n) is 8.03. The number of para-hydroxylation sites is 1. The molecule has 0 aromatic heterocycles. The average molecular weight is 351 g/mol. The molecule has 0 saturated carbocycles. The minimum absolute atomic E-state index is 0.524. The third kappa shape index (κ3) is 5.10. The molecule has 3 nitrogen and oxygen atoms in total. The van der Waals surface area contributed by atoms with E-state index in [-0.39, 0.29) is 0 Å². The summed E-state index contributed by atoms with van der Waals surface area (Å²) in [5.41, 5.74) is 7.15. The van der Waals surface area contributed by atoms with Crippen molar-refractivity contribution in [3.05, 3.63) is 94.5 Å². The predicted octanol–water partition coefficient (Wildman–Crippen LogP) is 5.67. The molecule has 0 atom stereocenters. The van der Waals surface area contributed by atoms with Crippen molar-refractivity contribution in [1.82, 2.24) is 0 Å². The zero-order valence-corrected chi connectivity index (χ0v) is 14.7. The highest BCUT2D eigenvalue weighted by atomic mass is 35.5. The second-order valence-electron chi connectivity index (χ2n) is 5.69. The summed E-state index contributed by atoms with van der Waals surface area (Å²) >= 11 is 5.87. The maximum atomic E-state index is 5.95. The molecule has 0 amide bonds. The van der Waals surface area contributed by atoms with Crippen LogP contribution in [0.1, 0.15) is 16.7 Å². The Bertz CT molecular complexity index is 843. The van der Waals surface area contributed by atoms with Crippen LogP contribution < -0.4 is 10.2 Å². The standard InChI is InChI=1S/C21H19ClN2O/c1-16-6-8-17(9-7-16)15-25-21-5-3-2-4-18(21)14-23-24-20-12-10-19(22)11-13-20/h2-14,24H,15H2,1H3/b23-14+. The van der Waals surface area contributed by atoms with Gasteiger partial charge in [-0.2, -0.15) is 5.10 Å². The summed E-state index contributed by atoms with van der Waals surface area (Å²) in [6.45, 7) is 2.60. The SMILES string of the molecule is Cc1ccc(COc2ccccc2/C=N/Nc2ccc(Cl)cc2)cc1. The maximum Gasteiger partial charge on any atom is 0.128 e. The van der Waals surface area contributed by atoms with Gasteiger partial charge >= 0.3 is 0 Å². The molecule has 0 aliphatic carbocycles. The minimum Gasteiger partial charge on any atom is -0.488 e. The highest BCUT2D eigenvalue weighted by Crippen LogP contribution is 2.18. The molecule has 4 heteroatoms. The molecule has 0 fully saturated rings. The number of anilines is 1. The molecule has 0 radical (unpaired) electrons. The number of hydrogen-bond donors (Lipinski definition) is 1. The van der Waals surface area contributed by atoms with E-state index in [0.29, 0.717) is 11.6 Å². The zero-order valence-electron chi connectivity index (χ0n) is 13.9. The number of hydrazone groups is 1. The minimum atomic E-state index is 0.524. The number of rotatable bonds is 6. The lowest BCUT2D eigenvalue weighted by atomic mass is 10.1. The molecule has 0 saturated heterocycles. The van der Waals surface area contributed by atoms with Crippen LogP contribution in [0.2, 0.25) is 5.02 Å². The van der Waals surface area contributed by atoms with E-state index >= 15 is 0 Å². The number of nitrogens with one attached hydrogen (secondary N) is 1. The van der Waals surface area contributed by atoms with Crippen molar-refractivity contribution in [2.75, 3.05) is 5.43 Å². The lowest BCUT2D eigenvalue weighted by molar-refractivity contribution is 0.306. The van der Waals surface area contributed by atoms with Crippen molar-refractivity contribution in [3.63, 3.8) is 0 Å². The Labute approximate surface area is 152 Å². The Balaban J connectivity index is 1.64. The van der Waals surface area contributed by atoms with Crippen LogP contribution in [0.5, 0.6) is 5.75 Å². The second-order valence-corrected chi connectivity index (χ2v) is 6.13. The van der Waals surface area contributed by atoms with E-state index in [9.17, 15) is 0 Å². The van der Waals surface area contributed by atoms with Gasteiger partial charge in [0.15, 0.2) is 0 Å². The molecule has 0 heterocycles. The van der Waals surface area contributed by atoms with Crippen molar-refractivity contribution < 1.29 is 4.74 Å². The van der Waals surface area contributed by atoms with Gasteiger partial charge in [0, 0.05) is 10.6 Å². The predicted molar refractivity (Wildman–Crippen MR) is 105 cm³/mol. The Morgan fingerprint density at radius 3 is 2.44 bits per heavy atom. The van der Waals surface area contributed by atoms with E-state index < -0.39 is 0 Å². The van der Waals surface area contributed by atoms with Crippen LogP contribution >= 0.6 is 11.6 Å². The first-order valence-corrected chi connectivity index (χ1v) is 8.40. The van der Waals surface area contributed by atoms with Crippen LogP contribution in [0.3, 0.4) is 0 Å². The van der Waals surface area contributed by atoms with Crippen molar-refractivity contribution in [3.8, 4) is 5.75 Å². The Morgan fingerprint density at radius 2 is 1.68 bits per heavy atom. The first kappa shape index (κ1) is 17.1. The third-order valence-corrected chi connectivity index (χ3v) is 3.93. The lowest BCUT2D eigenvalue weighted by Gasteiger charge is -2.09. The third-order valence-electron chi connectivity index (χ3n) is 3.68. The molecule has 25 heavy (non-hydrogen) atoms. The maximum absolute atomic E-state index is 5.95. The van der Waals surface area contributed by atoms with Gasteiger partial charge in [0.05, 0.1) is 11.9 Å². The Hall–Kier alpha value is -2.78. The number of aryl methyl sites for hydroxylation is 1. The summed E-state index contributed by atoms with van der Waals surface area (Å²) in [6, 6.07) is 23.5. The van der Waals surface area contributed by atoms with Crippen LogP contribution in [0.15, 0.2) is 77.9 Å². The van der Waals surface area contributed by atoms with Crippen LogP contribution in [0.25, 0.3) is 0 Å². The summed E-state index contributed by atoms with van der Waals surface area (Å²) in [6.07, 6.45) is 1.75. The summed E-state index contributed by atoms with van der Waals surface area (Å²) in [7, 11) is 0. The molecule has 3 aromatic carbocycles. The van der Waals surface area contributed by atoms with E-state index in [1.54, 1.807) is 6.21 Å². The smallest absolute Gasteiger partial charge is 0.128 e. The quantitative estimate of drug-likeness (QED) is 0.458. The number of nitrogens with zero attached hydrogens (tertiary/aromatic N) is 1. The topological polar surface area (TPSA) is 33.6 Å². The van der Waals surface area contributed by atoms with E-state index in [4.69, 9.17) is 16.3 Å². The molecule has 3 aromatic rings. The van der Waals surface area contributed by atoms with Gasteiger partial charge in [-0.15, -0.1) is 0 Å². The van der Waals surface area contributed by atoms with E-state index in [0.717, 1.165) is 22.6 Å². The molecule has 0 spiro atoms. The monoisotopic (exact) mass is 350 g/mol. The molecule has 126 valence electrons. The van der Waals surface area contributed by atoms with Gasteiger partial charge in [-0.25, -0.2) is 0 Å². The summed E-state index contributed by atoms with van der Waals surface area (Å²) < 4.78 is 5.95. The van der Waals surface area contributed by atoms with Crippen LogP contribution in [0, 0.1) is 6.92 Å². The van der Waals surface area contributed by atoms with Crippen molar-refractivity contribution >= 4 is 23.5 Å². The zero-order chi connectivity index (χ0) is 17.5. The Morgan fingerprint density at radius 1 is 0.960 bits per heavy atom. The van der Waals surface area contributed by atoms with Gasteiger partial charge in [-0.1, -0.05) is 53.6 Å². The summed E-state index contributed by atoms with van der Waals surface area (Å²) in [5.74, 6) is 0.796. The number of ether oxygens (including phenoxy) is 1. The molecule has 3 rings (SSSR count). The van der Waals surface area contributed by atoms with E-state index in [1.165, 1.54) is 5.56 Å². The Kier molecular flexibility index (Phi) is 5.70. The molecule has 0 aliphatic heterocycles. The first-order chi connectivity index (χ1) is 12.2. The van der Waals surface area contributed by atoms with Gasteiger partial charge in [-0.05, 0) is 48.9 Å². The largest absolute Gasteiger partial charge is 0.488 e. The highest BCUT2D eigenvalue weighted by Gasteiger charge is 2.01. The molecule has 0 unspecified atom stereocenters. The van der Waals surface area contributed by atoms with Gasteiger partial charge in [0.25, 0.3) is 0 Å². The van der Waals surface area contributed by atoms with Crippen molar-refractivity contribution in [2.24, 2.45) is 5.10 Å². The van der Waals surface area contributed by atoms with Crippen molar-refractivity contribution in [1.29, 1.82) is 0 Å². The molecular weight excluding hydrogens is 332 g/mol. The molecular formula is C21H19ClN2O. The van der Waals surface area contributed by atoms with Gasteiger partial charge in [0.1, 0.15) is 12.4 Å². The van der Waals surface area contributed by atoms with E-state index in [2.05, 4.69) is 41.7 Å². The normalized spacial score (nSPS) is 10.8. The van der Waals surface area contributed by atoms with Gasteiger partial charge in [0.2, 0.25) is 0 Å². The average Bonchev–Trinajstić information content (AvgIpc) is 2.64. The highest BCUT2D eigenvalue weighted by molar-refractivity contribution is 6.30. The number of hydrogen-bond acceptors (Lipinski definition) is 3. The van der Waals surface area contributed by atoms with Crippen LogP contribution in [0.4, 0.5) is 5.69 Å².